The zero-order valence-corrected chi connectivity index (χ0v) is 10.3. The first-order chi connectivity index (χ1) is 7.77. The lowest BCUT2D eigenvalue weighted by molar-refractivity contribution is 0.0988. The van der Waals surface area contributed by atoms with Crippen LogP contribution in [0.15, 0.2) is 36.9 Å². The summed E-state index contributed by atoms with van der Waals surface area (Å²) in [5.41, 5.74) is 0.703. The van der Waals surface area contributed by atoms with Gasteiger partial charge in [-0.3, -0.25) is 4.79 Å². The van der Waals surface area contributed by atoms with E-state index in [1.54, 1.807) is 18.2 Å². The van der Waals surface area contributed by atoms with E-state index in [1.165, 1.54) is 0 Å². The number of benzene rings is 1. The van der Waals surface area contributed by atoms with Crippen LogP contribution in [-0.2, 0) is 0 Å². The SMILES string of the molecule is C=CCOc1cccc(C(=O)CC)c1.CC. The highest BCUT2D eigenvalue weighted by atomic mass is 16.5. The quantitative estimate of drug-likeness (QED) is 0.556. The molecule has 88 valence electrons. The van der Waals surface area contributed by atoms with Gasteiger partial charge in [0.05, 0.1) is 0 Å². The highest BCUT2D eigenvalue weighted by Crippen LogP contribution is 2.14. The Labute approximate surface area is 97.9 Å². The molecule has 0 amide bonds. The highest BCUT2D eigenvalue weighted by molar-refractivity contribution is 5.96. The van der Waals surface area contributed by atoms with E-state index in [0.29, 0.717) is 24.3 Å². The molecule has 0 saturated heterocycles. The molecule has 1 aromatic carbocycles. The fourth-order valence-electron chi connectivity index (χ4n) is 1.12. The van der Waals surface area contributed by atoms with Crippen molar-refractivity contribution < 1.29 is 9.53 Å². The zero-order valence-electron chi connectivity index (χ0n) is 10.3. The average molecular weight is 220 g/mol. The van der Waals surface area contributed by atoms with E-state index in [9.17, 15) is 4.79 Å². The summed E-state index contributed by atoms with van der Waals surface area (Å²) in [6, 6.07) is 7.21. The zero-order chi connectivity index (χ0) is 12.4. The van der Waals surface area contributed by atoms with Gasteiger partial charge in [-0.2, -0.15) is 0 Å². The number of carbonyl (C=O) groups excluding carboxylic acids is 1. The summed E-state index contributed by atoms with van der Waals surface area (Å²) in [6.45, 7) is 9.87. The Balaban J connectivity index is 0.00000106. The van der Waals surface area contributed by atoms with Crippen LogP contribution in [-0.4, -0.2) is 12.4 Å². The van der Waals surface area contributed by atoms with Crippen LogP contribution in [0.1, 0.15) is 37.6 Å². The molecular formula is C14H20O2. The molecule has 0 radical (unpaired) electrons. The van der Waals surface area contributed by atoms with Gasteiger partial charge in [0.1, 0.15) is 12.4 Å². The Morgan fingerprint density at radius 2 is 2.12 bits per heavy atom. The molecule has 0 aromatic heterocycles. The van der Waals surface area contributed by atoms with Crippen LogP contribution < -0.4 is 4.74 Å². The Hall–Kier alpha value is -1.57. The van der Waals surface area contributed by atoms with Crippen LogP contribution in [0, 0.1) is 0 Å². The Bertz CT molecular complexity index is 329. The average Bonchev–Trinajstić information content (AvgIpc) is 2.38. The van der Waals surface area contributed by atoms with Crippen LogP contribution in [0.4, 0.5) is 0 Å². The van der Waals surface area contributed by atoms with Gasteiger partial charge in [0.25, 0.3) is 0 Å². The maximum Gasteiger partial charge on any atom is 0.162 e. The first kappa shape index (κ1) is 14.4. The van der Waals surface area contributed by atoms with Crippen molar-refractivity contribution >= 4 is 5.78 Å². The third kappa shape index (κ3) is 4.78. The molecule has 0 atom stereocenters. The highest BCUT2D eigenvalue weighted by Gasteiger charge is 2.03. The summed E-state index contributed by atoms with van der Waals surface area (Å²) in [5.74, 6) is 0.846. The summed E-state index contributed by atoms with van der Waals surface area (Å²) in [7, 11) is 0. The van der Waals surface area contributed by atoms with Crippen molar-refractivity contribution in [2.24, 2.45) is 0 Å². The topological polar surface area (TPSA) is 26.3 Å². The lowest BCUT2D eigenvalue weighted by atomic mass is 10.1. The van der Waals surface area contributed by atoms with Gasteiger partial charge in [-0.25, -0.2) is 0 Å². The molecular weight excluding hydrogens is 200 g/mol. The van der Waals surface area contributed by atoms with Crippen LogP contribution in [0.25, 0.3) is 0 Å². The van der Waals surface area contributed by atoms with Gasteiger partial charge >= 0.3 is 0 Å². The van der Waals surface area contributed by atoms with Crippen molar-refractivity contribution in [3.05, 3.63) is 42.5 Å². The number of hydrogen-bond donors (Lipinski definition) is 0. The molecule has 1 rings (SSSR count). The van der Waals surface area contributed by atoms with Crippen LogP contribution in [0.2, 0.25) is 0 Å². The third-order valence-electron chi connectivity index (χ3n) is 1.84. The van der Waals surface area contributed by atoms with Gasteiger partial charge in [-0.1, -0.05) is 45.6 Å². The summed E-state index contributed by atoms with van der Waals surface area (Å²) >= 11 is 0. The van der Waals surface area contributed by atoms with Gasteiger partial charge in [0.15, 0.2) is 5.78 Å². The minimum absolute atomic E-state index is 0.133. The second kappa shape index (κ2) is 8.72. The molecule has 2 heteroatoms. The van der Waals surface area contributed by atoms with Crippen LogP contribution in [0.5, 0.6) is 5.75 Å². The Kier molecular flexibility index (Phi) is 7.86. The molecule has 0 bridgehead atoms. The molecule has 16 heavy (non-hydrogen) atoms. The number of rotatable bonds is 5. The standard InChI is InChI=1S/C12H14O2.C2H6/c1-3-8-14-11-7-5-6-10(9-11)12(13)4-2;1-2/h3,5-7,9H,1,4,8H2,2H3;1-2H3. The molecule has 1 aromatic rings. The van der Waals surface area contributed by atoms with Crippen molar-refractivity contribution in [2.45, 2.75) is 27.2 Å². The molecule has 0 saturated carbocycles. The largest absolute Gasteiger partial charge is 0.490 e. The minimum Gasteiger partial charge on any atom is -0.490 e. The summed E-state index contributed by atoms with van der Waals surface area (Å²) in [5, 5.41) is 0. The van der Waals surface area contributed by atoms with E-state index in [-0.39, 0.29) is 5.78 Å². The first-order valence-electron chi connectivity index (χ1n) is 5.65. The first-order valence-corrected chi connectivity index (χ1v) is 5.65. The van der Waals surface area contributed by atoms with Gasteiger partial charge < -0.3 is 4.74 Å². The summed E-state index contributed by atoms with van der Waals surface area (Å²) in [4.78, 5) is 11.4. The van der Waals surface area contributed by atoms with Gasteiger partial charge in [-0.05, 0) is 12.1 Å². The van der Waals surface area contributed by atoms with Gasteiger partial charge in [0.2, 0.25) is 0 Å². The van der Waals surface area contributed by atoms with Gasteiger partial charge in [-0.15, -0.1) is 0 Å². The number of carbonyl (C=O) groups is 1. The van der Waals surface area contributed by atoms with Gasteiger partial charge in [0, 0.05) is 12.0 Å². The van der Waals surface area contributed by atoms with Crippen LogP contribution >= 0.6 is 0 Å². The molecule has 0 N–H and O–H groups in total. The molecule has 0 unspecified atom stereocenters. The molecule has 0 aliphatic carbocycles. The fourth-order valence-corrected chi connectivity index (χ4v) is 1.12. The second-order valence-electron chi connectivity index (χ2n) is 2.90. The lowest BCUT2D eigenvalue weighted by Crippen LogP contribution is -1.98. The van der Waals surface area contributed by atoms with E-state index in [2.05, 4.69) is 6.58 Å². The van der Waals surface area contributed by atoms with E-state index in [1.807, 2.05) is 32.9 Å². The number of ketones is 1. The Morgan fingerprint density at radius 3 is 2.69 bits per heavy atom. The number of ether oxygens (including phenoxy) is 1. The van der Waals surface area contributed by atoms with Crippen molar-refractivity contribution in [3.63, 3.8) is 0 Å². The monoisotopic (exact) mass is 220 g/mol. The van der Waals surface area contributed by atoms with Crippen LogP contribution in [0.3, 0.4) is 0 Å². The van der Waals surface area contributed by atoms with E-state index in [4.69, 9.17) is 4.74 Å². The third-order valence-corrected chi connectivity index (χ3v) is 1.84. The smallest absolute Gasteiger partial charge is 0.162 e. The van der Waals surface area contributed by atoms with E-state index in [0.717, 1.165) is 0 Å². The van der Waals surface area contributed by atoms with Crippen molar-refractivity contribution in [1.29, 1.82) is 0 Å². The molecule has 0 aliphatic rings. The molecule has 0 aliphatic heterocycles. The van der Waals surface area contributed by atoms with E-state index < -0.39 is 0 Å². The van der Waals surface area contributed by atoms with Crippen molar-refractivity contribution in [2.75, 3.05) is 6.61 Å². The summed E-state index contributed by atoms with van der Waals surface area (Å²) < 4.78 is 5.32. The number of Topliss-reactive ketones (excluding diaryl/α,β-unsaturated/α-hetero) is 1. The summed E-state index contributed by atoms with van der Waals surface area (Å²) in [6.07, 6.45) is 2.19. The molecule has 0 fully saturated rings. The van der Waals surface area contributed by atoms with E-state index >= 15 is 0 Å². The minimum atomic E-state index is 0.133. The maximum atomic E-state index is 11.4. The normalized spacial score (nSPS) is 8.69. The molecule has 0 heterocycles. The molecule has 2 nitrogen and oxygen atoms in total. The maximum absolute atomic E-state index is 11.4. The molecule has 0 spiro atoms. The second-order valence-corrected chi connectivity index (χ2v) is 2.90. The predicted octanol–water partition coefficient (Wildman–Crippen LogP) is 3.87. The predicted molar refractivity (Wildman–Crippen MR) is 68.1 cm³/mol. The lowest BCUT2D eigenvalue weighted by Gasteiger charge is -2.04. The van der Waals surface area contributed by atoms with Crippen molar-refractivity contribution in [3.8, 4) is 5.75 Å². The van der Waals surface area contributed by atoms with Crippen molar-refractivity contribution in [1.82, 2.24) is 0 Å². The fraction of sp³-hybridized carbons (Fsp3) is 0.357. The Morgan fingerprint density at radius 1 is 1.44 bits per heavy atom. The number of hydrogen-bond acceptors (Lipinski definition) is 2.